The Morgan fingerprint density at radius 1 is 1.41 bits per heavy atom. The molecule has 2 aliphatic rings. The number of hydrogen-bond donors (Lipinski definition) is 2. The predicted octanol–water partition coefficient (Wildman–Crippen LogP) is 1.76. The van der Waals surface area contributed by atoms with Gasteiger partial charge in [-0.1, -0.05) is 18.6 Å². The van der Waals surface area contributed by atoms with E-state index in [1.54, 1.807) is 0 Å². The van der Waals surface area contributed by atoms with Crippen LogP contribution >= 0.6 is 0 Å². The average Bonchev–Trinajstić information content (AvgIpc) is 3.01. The van der Waals surface area contributed by atoms with E-state index in [1.165, 1.54) is 25.0 Å². The van der Waals surface area contributed by atoms with Gasteiger partial charge in [-0.2, -0.15) is 0 Å². The lowest BCUT2D eigenvalue weighted by atomic mass is 10.1. The van der Waals surface area contributed by atoms with Crippen molar-refractivity contribution in [1.29, 1.82) is 0 Å². The molecule has 2 N–H and O–H groups in total. The van der Waals surface area contributed by atoms with Crippen molar-refractivity contribution in [3.05, 3.63) is 11.6 Å². The van der Waals surface area contributed by atoms with E-state index in [0.717, 1.165) is 58.2 Å². The molecule has 0 aromatic rings. The molecular weight excluding hydrogens is 276 g/mol. The smallest absolute Gasteiger partial charge is 0.191 e. The van der Waals surface area contributed by atoms with Gasteiger partial charge in [-0.3, -0.25) is 9.89 Å². The molecule has 0 aliphatic carbocycles. The predicted molar refractivity (Wildman–Crippen MR) is 92.4 cm³/mol. The van der Waals surface area contributed by atoms with Crippen molar-refractivity contribution < 1.29 is 4.74 Å². The summed E-state index contributed by atoms with van der Waals surface area (Å²) in [5.41, 5.74) is 1.50. The lowest BCUT2D eigenvalue weighted by Crippen LogP contribution is -2.39. The molecule has 0 saturated carbocycles. The summed E-state index contributed by atoms with van der Waals surface area (Å²) in [6.07, 6.45) is 6.96. The highest BCUT2D eigenvalue weighted by molar-refractivity contribution is 5.79. The van der Waals surface area contributed by atoms with E-state index in [2.05, 4.69) is 35.5 Å². The van der Waals surface area contributed by atoms with Crippen molar-refractivity contribution in [1.82, 2.24) is 15.5 Å². The van der Waals surface area contributed by atoms with E-state index >= 15 is 0 Å². The van der Waals surface area contributed by atoms with Gasteiger partial charge in [-0.05, 0) is 45.7 Å². The number of likely N-dealkylation sites (tertiary alicyclic amines) is 1. The Labute approximate surface area is 135 Å². The third kappa shape index (κ3) is 5.61. The van der Waals surface area contributed by atoms with Crippen LogP contribution in [0, 0.1) is 0 Å². The Morgan fingerprint density at radius 2 is 2.32 bits per heavy atom. The average molecular weight is 308 g/mol. The Balaban J connectivity index is 1.75. The third-order valence-corrected chi connectivity index (χ3v) is 4.51. The molecule has 22 heavy (non-hydrogen) atoms. The minimum Gasteiger partial charge on any atom is -0.377 e. The number of aliphatic imine (C=N–C) groups is 1. The van der Waals surface area contributed by atoms with Gasteiger partial charge in [-0.15, -0.1) is 0 Å². The van der Waals surface area contributed by atoms with Crippen molar-refractivity contribution in [3.8, 4) is 0 Å². The summed E-state index contributed by atoms with van der Waals surface area (Å²) in [7, 11) is 0. The zero-order valence-corrected chi connectivity index (χ0v) is 14.2. The topological polar surface area (TPSA) is 48.9 Å². The summed E-state index contributed by atoms with van der Waals surface area (Å²) in [4.78, 5) is 7.33. The fourth-order valence-corrected chi connectivity index (χ4v) is 3.19. The number of likely N-dealkylation sites (N-methyl/N-ethyl adjacent to an activating group) is 1. The molecule has 0 bridgehead atoms. The monoisotopic (exact) mass is 308 g/mol. The second-order valence-electron chi connectivity index (χ2n) is 6.01. The van der Waals surface area contributed by atoms with Crippen LogP contribution in [-0.2, 0) is 4.74 Å². The molecule has 1 atom stereocenters. The maximum Gasteiger partial charge on any atom is 0.191 e. The van der Waals surface area contributed by atoms with Crippen molar-refractivity contribution in [3.63, 3.8) is 0 Å². The van der Waals surface area contributed by atoms with Crippen LogP contribution in [0.1, 0.15) is 39.5 Å². The van der Waals surface area contributed by atoms with Gasteiger partial charge in [0.05, 0.1) is 19.8 Å². The van der Waals surface area contributed by atoms with Gasteiger partial charge >= 0.3 is 0 Å². The molecule has 5 nitrogen and oxygen atoms in total. The van der Waals surface area contributed by atoms with Crippen LogP contribution < -0.4 is 10.6 Å². The first-order valence-corrected chi connectivity index (χ1v) is 8.85. The number of nitrogens with zero attached hydrogens (tertiary/aromatic N) is 2. The van der Waals surface area contributed by atoms with Crippen molar-refractivity contribution in [2.45, 2.75) is 45.6 Å². The first kappa shape index (κ1) is 17.3. The molecule has 5 heteroatoms. The molecule has 2 aliphatic heterocycles. The molecule has 1 unspecified atom stereocenters. The number of rotatable bonds is 7. The Hall–Kier alpha value is -1.07. The van der Waals surface area contributed by atoms with Crippen molar-refractivity contribution in [2.24, 2.45) is 4.99 Å². The van der Waals surface area contributed by atoms with Crippen LogP contribution in [0.25, 0.3) is 0 Å². The summed E-state index contributed by atoms with van der Waals surface area (Å²) < 4.78 is 5.34. The second-order valence-corrected chi connectivity index (χ2v) is 6.01. The molecule has 0 aromatic heterocycles. The van der Waals surface area contributed by atoms with Gasteiger partial charge in [0.1, 0.15) is 0 Å². The fourth-order valence-electron chi connectivity index (χ4n) is 3.19. The van der Waals surface area contributed by atoms with Crippen LogP contribution in [0.4, 0.5) is 0 Å². The van der Waals surface area contributed by atoms with Crippen LogP contribution in [0.15, 0.2) is 16.6 Å². The van der Waals surface area contributed by atoms with Gasteiger partial charge in [0.2, 0.25) is 0 Å². The van der Waals surface area contributed by atoms with E-state index in [-0.39, 0.29) is 0 Å². The highest BCUT2D eigenvalue weighted by Gasteiger charge is 2.22. The standard InChI is InChI=1S/C17H32N4O/c1-3-18-17(19-10-7-15-8-12-22-13-9-15)20-14-16-6-5-11-21(16)4-2/h8,16H,3-7,9-14H2,1-2H3,(H2,18,19,20). The molecule has 126 valence electrons. The molecule has 1 fully saturated rings. The first-order valence-electron chi connectivity index (χ1n) is 8.85. The number of hydrogen-bond acceptors (Lipinski definition) is 3. The molecule has 0 aromatic carbocycles. The highest BCUT2D eigenvalue weighted by Crippen LogP contribution is 2.16. The molecule has 2 rings (SSSR count). The normalized spacial score (nSPS) is 23.5. The SMILES string of the molecule is CCNC(=NCC1CCCN1CC)NCCC1=CCOCC1. The minimum atomic E-state index is 0.624. The maximum absolute atomic E-state index is 5.34. The van der Waals surface area contributed by atoms with Gasteiger partial charge in [0.25, 0.3) is 0 Å². The van der Waals surface area contributed by atoms with E-state index in [4.69, 9.17) is 9.73 Å². The van der Waals surface area contributed by atoms with Gasteiger partial charge < -0.3 is 15.4 Å². The van der Waals surface area contributed by atoms with Crippen LogP contribution in [0.2, 0.25) is 0 Å². The van der Waals surface area contributed by atoms with Gasteiger partial charge in [0.15, 0.2) is 5.96 Å². The molecule has 2 heterocycles. The summed E-state index contributed by atoms with van der Waals surface area (Å²) in [5, 5.41) is 6.82. The van der Waals surface area contributed by atoms with Gasteiger partial charge in [-0.25, -0.2) is 0 Å². The number of ether oxygens (including phenoxy) is 1. The molecule has 0 amide bonds. The summed E-state index contributed by atoms with van der Waals surface area (Å²) in [6, 6.07) is 0.624. The lowest BCUT2D eigenvalue weighted by molar-refractivity contribution is 0.153. The minimum absolute atomic E-state index is 0.624. The maximum atomic E-state index is 5.34. The van der Waals surface area contributed by atoms with Crippen molar-refractivity contribution in [2.75, 3.05) is 45.9 Å². The second kappa shape index (κ2) is 9.85. The molecule has 1 saturated heterocycles. The Morgan fingerprint density at radius 3 is 3.05 bits per heavy atom. The molecule has 0 spiro atoms. The van der Waals surface area contributed by atoms with E-state index in [9.17, 15) is 0 Å². The number of nitrogens with one attached hydrogen (secondary N) is 2. The van der Waals surface area contributed by atoms with Crippen LogP contribution in [0.3, 0.4) is 0 Å². The lowest BCUT2D eigenvalue weighted by Gasteiger charge is -2.21. The zero-order valence-electron chi connectivity index (χ0n) is 14.2. The van der Waals surface area contributed by atoms with E-state index < -0.39 is 0 Å². The summed E-state index contributed by atoms with van der Waals surface area (Å²) >= 11 is 0. The van der Waals surface area contributed by atoms with Crippen LogP contribution in [-0.4, -0.2) is 62.8 Å². The molecule has 0 radical (unpaired) electrons. The third-order valence-electron chi connectivity index (χ3n) is 4.51. The summed E-state index contributed by atoms with van der Waals surface area (Å²) in [6.45, 7) is 11.1. The van der Waals surface area contributed by atoms with Crippen molar-refractivity contribution >= 4 is 5.96 Å². The number of guanidine groups is 1. The first-order chi connectivity index (χ1) is 10.8. The van der Waals surface area contributed by atoms with Crippen LogP contribution in [0.5, 0.6) is 0 Å². The quantitative estimate of drug-likeness (QED) is 0.427. The fraction of sp³-hybridized carbons (Fsp3) is 0.824. The molecular formula is C17H32N4O. The zero-order chi connectivity index (χ0) is 15.6. The van der Waals surface area contributed by atoms with E-state index in [1.807, 2.05) is 0 Å². The Kier molecular flexibility index (Phi) is 7.74. The van der Waals surface area contributed by atoms with E-state index in [0.29, 0.717) is 6.04 Å². The highest BCUT2D eigenvalue weighted by atomic mass is 16.5. The largest absolute Gasteiger partial charge is 0.377 e. The summed E-state index contributed by atoms with van der Waals surface area (Å²) in [5.74, 6) is 0.957. The van der Waals surface area contributed by atoms with Gasteiger partial charge in [0, 0.05) is 19.1 Å². The Bertz CT molecular complexity index is 381.